The van der Waals surface area contributed by atoms with Crippen LogP contribution in [0.4, 0.5) is 0 Å². The van der Waals surface area contributed by atoms with Gasteiger partial charge in [-0.3, -0.25) is 14.6 Å². The average Bonchev–Trinajstić information content (AvgIpc) is 2.98. The van der Waals surface area contributed by atoms with Crippen LogP contribution >= 0.6 is 0 Å². The summed E-state index contributed by atoms with van der Waals surface area (Å²) in [4.78, 5) is 18.8. The molecule has 1 amide bonds. The molecule has 0 saturated carbocycles. The Hall–Kier alpha value is -1.39. The van der Waals surface area contributed by atoms with E-state index in [2.05, 4.69) is 54.0 Å². The van der Waals surface area contributed by atoms with E-state index in [-0.39, 0.29) is 5.91 Å². The van der Waals surface area contributed by atoms with Gasteiger partial charge in [0.05, 0.1) is 0 Å². The lowest BCUT2D eigenvalue weighted by molar-refractivity contribution is -0.130. The number of piperazine rings is 1. The quantitative estimate of drug-likeness (QED) is 0.850. The number of amides is 1. The first kappa shape index (κ1) is 17.4. The molecule has 132 valence electrons. The van der Waals surface area contributed by atoms with E-state index in [0.717, 1.165) is 39.1 Å². The molecule has 3 rings (SSSR count). The summed E-state index contributed by atoms with van der Waals surface area (Å²) >= 11 is 0. The van der Waals surface area contributed by atoms with Crippen molar-refractivity contribution in [2.75, 3.05) is 39.3 Å². The number of rotatable bonds is 4. The van der Waals surface area contributed by atoms with E-state index in [4.69, 9.17) is 0 Å². The lowest BCUT2D eigenvalue weighted by atomic mass is 10.0. The zero-order chi connectivity index (χ0) is 17.1. The van der Waals surface area contributed by atoms with E-state index in [9.17, 15) is 4.79 Å². The summed E-state index contributed by atoms with van der Waals surface area (Å²) in [6.07, 6.45) is 1.15. The third kappa shape index (κ3) is 3.65. The Morgan fingerprint density at radius 3 is 2.38 bits per heavy atom. The van der Waals surface area contributed by atoms with Crippen molar-refractivity contribution in [3.8, 4) is 0 Å². The van der Waals surface area contributed by atoms with Crippen molar-refractivity contribution in [2.24, 2.45) is 5.92 Å². The van der Waals surface area contributed by atoms with E-state index < -0.39 is 0 Å². The molecule has 0 bridgehead atoms. The second kappa shape index (κ2) is 7.66. The molecule has 4 nitrogen and oxygen atoms in total. The fraction of sp³-hybridized carbons (Fsp3) is 0.650. The maximum absolute atomic E-state index is 11.5. The minimum Gasteiger partial charge on any atom is -0.340 e. The average molecular weight is 329 g/mol. The van der Waals surface area contributed by atoms with Gasteiger partial charge in [-0.25, -0.2) is 0 Å². The van der Waals surface area contributed by atoms with E-state index in [1.165, 1.54) is 12.1 Å². The maximum Gasteiger partial charge on any atom is 0.219 e. The fourth-order valence-electron chi connectivity index (χ4n) is 4.46. The highest BCUT2D eigenvalue weighted by molar-refractivity contribution is 5.73. The smallest absolute Gasteiger partial charge is 0.219 e. The largest absolute Gasteiger partial charge is 0.340 e. The number of nitrogens with zero attached hydrogens (tertiary/aromatic N) is 3. The summed E-state index contributed by atoms with van der Waals surface area (Å²) in [5, 5.41) is 0. The molecule has 1 aromatic rings. The highest BCUT2D eigenvalue weighted by Gasteiger charge is 2.37. The summed E-state index contributed by atoms with van der Waals surface area (Å²) in [6.45, 7) is 12.5. The Morgan fingerprint density at radius 1 is 1.12 bits per heavy atom. The molecule has 0 radical (unpaired) electrons. The first-order chi connectivity index (χ1) is 11.6. The molecule has 24 heavy (non-hydrogen) atoms. The van der Waals surface area contributed by atoms with Crippen LogP contribution in [0.25, 0.3) is 0 Å². The van der Waals surface area contributed by atoms with Gasteiger partial charge in [0, 0.05) is 58.3 Å². The van der Waals surface area contributed by atoms with Crippen LogP contribution in [0.1, 0.15) is 38.8 Å². The van der Waals surface area contributed by atoms with Crippen molar-refractivity contribution in [3.05, 3.63) is 35.9 Å². The zero-order valence-corrected chi connectivity index (χ0v) is 15.3. The van der Waals surface area contributed by atoms with Crippen LogP contribution in [0.3, 0.4) is 0 Å². The molecule has 0 aromatic heterocycles. The van der Waals surface area contributed by atoms with Gasteiger partial charge in [-0.05, 0) is 17.9 Å². The third-order valence-corrected chi connectivity index (χ3v) is 5.84. The summed E-state index contributed by atoms with van der Waals surface area (Å²) in [5.74, 6) is 0.900. The van der Waals surface area contributed by atoms with Gasteiger partial charge < -0.3 is 4.90 Å². The standard InChI is InChI=1S/C20H31N3O/c1-4-19(18-8-6-5-7-9-18)23-14-16(2)20(15-23)22-12-10-21(11-13-22)17(3)24/h5-9,16,19-20H,4,10-15H2,1-3H3. The summed E-state index contributed by atoms with van der Waals surface area (Å²) < 4.78 is 0. The molecular formula is C20H31N3O. The predicted molar refractivity (Wildman–Crippen MR) is 97.8 cm³/mol. The molecule has 2 aliphatic rings. The van der Waals surface area contributed by atoms with Gasteiger partial charge in [0.15, 0.2) is 0 Å². The number of carbonyl (C=O) groups excluding carboxylic acids is 1. The summed E-state index contributed by atoms with van der Waals surface area (Å²) in [7, 11) is 0. The SMILES string of the molecule is CCC(c1ccccc1)N1CC(C)C(N2CCN(C(C)=O)CC2)C1. The predicted octanol–water partition coefficient (Wildman–Crippen LogP) is 2.62. The molecule has 3 unspecified atom stereocenters. The van der Waals surface area contributed by atoms with Crippen molar-refractivity contribution in [3.63, 3.8) is 0 Å². The van der Waals surface area contributed by atoms with Crippen molar-refractivity contribution in [1.82, 2.24) is 14.7 Å². The van der Waals surface area contributed by atoms with Gasteiger partial charge in [-0.15, -0.1) is 0 Å². The number of hydrogen-bond donors (Lipinski definition) is 0. The van der Waals surface area contributed by atoms with Crippen LogP contribution in [0.2, 0.25) is 0 Å². The van der Waals surface area contributed by atoms with Crippen LogP contribution in [0.5, 0.6) is 0 Å². The Labute approximate surface area is 146 Å². The van der Waals surface area contributed by atoms with Crippen molar-refractivity contribution >= 4 is 5.91 Å². The Bertz CT molecular complexity index is 539. The van der Waals surface area contributed by atoms with E-state index in [1.807, 2.05) is 4.90 Å². The van der Waals surface area contributed by atoms with Crippen LogP contribution in [0, 0.1) is 5.92 Å². The van der Waals surface area contributed by atoms with Gasteiger partial charge in [0.1, 0.15) is 0 Å². The van der Waals surface area contributed by atoms with E-state index >= 15 is 0 Å². The monoisotopic (exact) mass is 329 g/mol. The highest BCUT2D eigenvalue weighted by atomic mass is 16.2. The minimum atomic E-state index is 0.214. The molecule has 1 aromatic carbocycles. The molecule has 3 atom stereocenters. The second-order valence-corrected chi connectivity index (χ2v) is 7.38. The lowest BCUT2D eigenvalue weighted by Gasteiger charge is -2.39. The zero-order valence-electron chi connectivity index (χ0n) is 15.3. The molecule has 2 heterocycles. The molecule has 2 fully saturated rings. The number of benzene rings is 1. The van der Waals surface area contributed by atoms with E-state index in [0.29, 0.717) is 18.0 Å². The van der Waals surface area contributed by atoms with Crippen molar-refractivity contribution < 1.29 is 4.79 Å². The maximum atomic E-state index is 11.5. The van der Waals surface area contributed by atoms with Gasteiger partial charge in [0.2, 0.25) is 5.91 Å². The van der Waals surface area contributed by atoms with Gasteiger partial charge in [0.25, 0.3) is 0 Å². The van der Waals surface area contributed by atoms with Crippen LogP contribution < -0.4 is 0 Å². The van der Waals surface area contributed by atoms with Gasteiger partial charge in [-0.2, -0.15) is 0 Å². The van der Waals surface area contributed by atoms with Gasteiger partial charge in [-0.1, -0.05) is 44.2 Å². The Kier molecular flexibility index (Phi) is 5.57. The fourth-order valence-corrected chi connectivity index (χ4v) is 4.46. The Balaban J connectivity index is 1.63. The first-order valence-electron chi connectivity index (χ1n) is 9.38. The van der Waals surface area contributed by atoms with Crippen LogP contribution in [-0.2, 0) is 4.79 Å². The third-order valence-electron chi connectivity index (χ3n) is 5.84. The first-order valence-corrected chi connectivity index (χ1v) is 9.38. The van der Waals surface area contributed by atoms with Crippen molar-refractivity contribution in [1.29, 1.82) is 0 Å². The summed E-state index contributed by atoms with van der Waals surface area (Å²) in [6, 6.07) is 12.1. The molecule has 2 saturated heterocycles. The molecule has 0 aliphatic carbocycles. The highest BCUT2D eigenvalue weighted by Crippen LogP contribution is 2.32. The normalized spacial score (nSPS) is 27.4. The summed E-state index contributed by atoms with van der Waals surface area (Å²) in [5.41, 5.74) is 1.44. The molecule has 0 spiro atoms. The van der Waals surface area contributed by atoms with Crippen molar-refractivity contribution in [2.45, 2.75) is 39.3 Å². The van der Waals surface area contributed by atoms with Crippen LogP contribution in [0.15, 0.2) is 30.3 Å². The second-order valence-electron chi connectivity index (χ2n) is 7.38. The van der Waals surface area contributed by atoms with Crippen LogP contribution in [-0.4, -0.2) is 65.9 Å². The number of carbonyl (C=O) groups is 1. The number of hydrogen-bond acceptors (Lipinski definition) is 3. The molecular weight excluding hydrogens is 298 g/mol. The van der Waals surface area contributed by atoms with E-state index in [1.54, 1.807) is 6.92 Å². The Morgan fingerprint density at radius 2 is 1.79 bits per heavy atom. The topological polar surface area (TPSA) is 26.8 Å². The molecule has 0 N–H and O–H groups in total. The van der Waals surface area contributed by atoms with Gasteiger partial charge >= 0.3 is 0 Å². The minimum absolute atomic E-state index is 0.214. The molecule has 4 heteroatoms. The number of likely N-dealkylation sites (tertiary alicyclic amines) is 1. The lowest BCUT2D eigenvalue weighted by Crippen LogP contribution is -2.53. The molecule has 2 aliphatic heterocycles.